The van der Waals surface area contributed by atoms with Gasteiger partial charge in [0.05, 0.1) is 20.8 Å². The lowest BCUT2D eigenvalue weighted by atomic mass is 9.92. The molecule has 0 saturated heterocycles. The molecule has 1 aromatic carbocycles. The Kier molecular flexibility index (Phi) is 5.63. The fourth-order valence-electron chi connectivity index (χ4n) is 3.26. The summed E-state index contributed by atoms with van der Waals surface area (Å²) >= 11 is 1.83. The minimum Gasteiger partial charge on any atom is -0.493 e. The maximum atomic E-state index is 5.90. The van der Waals surface area contributed by atoms with Crippen LogP contribution in [0.15, 0.2) is 29.6 Å². The summed E-state index contributed by atoms with van der Waals surface area (Å²) in [6.45, 7) is 2.82. The molecule has 5 heteroatoms. The van der Waals surface area contributed by atoms with Crippen LogP contribution in [-0.4, -0.2) is 45.9 Å². The van der Waals surface area contributed by atoms with Crippen molar-refractivity contribution in [3.63, 3.8) is 0 Å². The van der Waals surface area contributed by atoms with E-state index in [1.54, 1.807) is 14.2 Å². The first-order valence-corrected chi connectivity index (χ1v) is 9.19. The van der Waals surface area contributed by atoms with Gasteiger partial charge in [-0.25, -0.2) is 0 Å². The van der Waals surface area contributed by atoms with E-state index in [4.69, 9.17) is 14.2 Å². The molecule has 1 atom stereocenters. The maximum absolute atomic E-state index is 5.90. The van der Waals surface area contributed by atoms with Crippen LogP contribution in [0.2, 0.25) is 0 Å². The molecule has 0 aliphatic carbocycles. The van der Waals surface area contributed by atoms with Crippen molar-refractivity contribution in [1.29, 1.82) is 0 Å². The second-order valence-electron chi connectivity index (χ2n) is 6.15. The summed E-state index contributed by atoms with van der Waals surface area (Å²) in [5.74, 6) is 2.74. The molecular formula is C19H25NO3S. The molecule has 1 unspecified atom stereocenters. The summed E-state index contributed by atoms with van der Waals surface area (Å²) in [7, 11) is 5.52. The van der Waals surface area contributed by atoms with Crippen molar-refractivity contribution in [1.82, 2.24) is 4.90 Å². The van der Waals surface area contributed by atoms with Crippen LogP contribution >= 0.6 is 11.3 Å². The molecule has 1 aliphatic heterocycles. The van der Waals surface area contributed by atoms with Crippen LogP contribution in [0.3, 0.4) is 0 Å². The zero-order valence-corrected chi connectivity index (χ0v) is 15.4. The Labute approximate surface area is 148 Å². The highest BCUT2D eigenvalue weighted by Crippen LogP contribution is 2.45. The van der Waals surface area contributed by atoms with Crippen molar-refractivity contribution >= 4 is 11.3 Å². The van der Waals surface area contributed by atoms with Crippen LogP contribution in [0.1, 0.15) is 22.8 Å². The summed E-state index contributed by atoms with van der Waals surface area (Å²) in [5, 5.41) is 2.14. The van der Waals surface area contributed by atoms with Crippen molar-refractivity contribution in [2.24, 2.45) is 0 Å². The molecular weight excluding hydrogens is 322 g/mol. The number of likely N-dealkylation sites (N-methyl/N-ethyl adjacent to an activating group) is 1. The largest absolute Gasteiger partial charge is 0.493 e. The van der Waals surface area contributed by atoms with E-state index in [1.807, 2.05) is 17.4 Å². The van der Waals surface area contributed by atoms with E-state index in [0.29, 0.717) is 11.7 Å². The quantitative estimate of drug-likeness (QED) is 0.762. The number of hydrogen-bond donors (Lipinski definition) is 0. The van der Waals surface area contributed by atoms with E-state index in [2.05, 4.69) is 35.5 Å². The Morgan fingerprint density at radius 3 is 2.83 bits per heavy atom. The highest BCUT2D eigenvalue weighted by molar-refractivity contribution is 7.09. The number of methoxy groups -OCH3 is 2. The lowest BCUT2D eigenvalue weighted by Crippen LogP contribution is -2.29. The molecule has 0 spiro atoms. The highest BCUT2D eigenvalue weighted by Gasteiger charge is 2.27. The first-order valence-electron chi connectivity index (χ1n) is 8.31. The SMILES string of the molecule is COc1ccc2c(c1OC)OCCC2CN(C)CCc1cccs1. The van der Waals surface area contributed by atoms with Crippen molar-refractivity contribution in [3.8, 4) is 17.2 Å². The monoisotopic (exact) mass is 347 g/mol. The lowest BCUT2D eigenvalue weighted by molar-refractivity contribution is 0.221. The highest BCUT2D eigenvalue weighted by atomic mass is 32.1. The Balaban J connectivity index is 1.70. The van der Waals surface area contributed by atoms with Gasteiger partial charge in [0, 0.05) is 29.4 Å². The van der Waals surface area contributed by atoms with Crippen LogP contribution in [0.5, 0.6) is 17.2 Å². The molecule has 0 fully saturated rings. The normalized spacial score (nSPS) is 16.6. The molecule has 2 aromatic rings. The number of ether oxygens (including phenoxy) is 3. The smallest absolute Gasteiger partial charge is 0.203 e. The number of rotatable bonds is 7. The summed E-state index contributed by atoms with van der Waals surface area (Å²) in [6, 6.07) is 8.42. The molecule has 0 saturated carbocycles. The second kappa shape index (κ2) is 7.90. The number of thiophene rings is 1. The van der Waals surface area contributed by atoms with Crippen LogP contribution < -0.4 is 14.2 Å². The van der Waals surface area contributed by atoms with Crippen molar-refractivity contribution in [3.05, 3.63) is 40.1 Å². The van der Waals surface area contributed by atoms with E-state index < -0.39 is 0 Å². The fraction of sp³-hybridized carbons (Fsp3) is 0.474. The van der Waals surface area contributed by atoms with Gasteiger partial charge in [-0.2, -0.15) is 0 Å². The first kappa shape index (κ1) is 17.1. The number of hydrogen-bond acceptors (Lipinski definition) is 5. The molecule has 24 heavy (non-hydrogen) atoms. The Bertz CT molecular complexity index is 657. The topological polar surface area (TPSA) is 30.9 Å². The Morgan fingerprint density at radius 2 is 2.12 bits per heavy atom. The van der Waals surface area contributed by atoms with Crippen molar-refractivity contribution in [2.75, 3.05) is 41.0 Å². The average molecular weight is 347 g/mol. The van der Waals surface area contributed by atoms with E-state index in [9.17, 15) is 0 Å². The summed E-state index contributed by atoms with van der Waals surface area (Å²) in [6.07, 6.45) is 2.14. The van der Waals surface area contributed by atoms with Gasteiger partial charge in [0.1, 0.15) is 0 Å². The van der Waals surface area contributed by atoms with Gasteiger partial charge >= 0.3 is 0 Å². The van der Waals surface area contributed by atoms with Crippen molar-refractivity contribution < 1.29 is 14.2 Å². The lowest BCUT2D eigenvalue weighted by Gasteiger charge is -2.30. The molecule has 0 bridgehead atoms. The number of benzene rings is 1. The molecule has 0 N–H and O–H groups in total. The van der Waals surface area contributed by atoms with Gasteiger partial charge in [-0.1, -0.05) is 12.1 Å². The number of nitrogens with zero attached hydrogens (tertiary/aromatic N) is 1. The molecule has 130 valence electrons. The van der Waals surface area contributed by atoms with E-state index in [-0.39, 0.29) is 0 Å². The average Bonchev–Trinajstić information content (AvgIpc) is 3.12. The molecule has 2 heterocycles. The molecule has 0 amide bonds. The predicted octanol–water partition coefficient (Wildman–Crippen LogP) is 3.81. The van der Waals surface area contributed by atoms with Gasteiger partial charge < -0.3 is 19.1 Å². The van der Waals surface area contributed by atoms with E-state index in [0.717, 1.165) is 44.0 Å². The van der Waals surface area contributed by atoms with Crippen LogP contribution in [0.4, 0.5) is 0 Å². The standard InChI is InChI=1S/C19H25NO3S/c1-20(10-8-15-5-4-12-24-15)13-14-9-11-23-18-16(14)6-7-17(21-2)19(18)22-3/h4-7,12,14H,8-11,13H2,1-3H3. The fourth-order valence-corrected chi connectivity index (χ4v) is 3.95. The van der Waals surface area contributed by atoms with Crippen LogP contribution in [0.25, 0.3) is 0 Å². The minimum atomic E-state index is 0.460. The molecule has 4 nitrogen and oxygen atoms in total. The van der Waals surface area contributed by atoms with Crippen LogP contribution in [0, 0.1) is 0 Å². The van der Waals surface area contributed by atoms with E-state index >= 15 is 0 Å². The molecule has 3 rings (SSSR count). The Morgan fingerprint density at radius 1 is 1.25 bits per heavy atom. The van der Waals surface area contributed by atoms with Gasteiger partial charge in [0.15, 0.2) is 11.5 Å². The molecule has 1 aromatic heterocycles. The molecule has 1 aliphatic rings. The summed E-state index contributed by atoms with van der Waals surface area (Å²) in [5.41, 5.74) is 1.22. The third-order valence-corrected chi connectivity index (χ3v) is 5.47. The third-order valence-electron chi connectivity index (χ3n) is 4.54. The zero-order valence-electron chi connectivity index (χ0n) is 14.6. The predicted molar refractivity (Wildman–Crippen MR) is 97.9 cm³/mol. The van der Waals surface area contributed by atoms with Gasteiger partial charge in [-0.3, -0.25) is 0 Å². The van der Waals surface area contributed by atoms with E-state index in [1.165, 1.54) is 10.4 Å². The zero-order chi connectivity index (χ0) is 16.9. The van der Waals surface area contributed by atoms with Gasteiger partial charge in [0.25, 0.3) is 0 Å². The van der Waals surface area contributed by atoms with Gasteiger partial charge in [0.2, 0.25) is 5.75 Å². The second-order valence-corrected chi connectivity index (χ2v) is 7.18. The van der Waals surface area contributed by atoms with Gasteiger partial charge in [-0.15, -0.1) is 11.3 Å². The third kappa shape index (κ3) is 3.68. The van der Waals surface area contributed by atoms with Crippen LogP contribution in [-0.2, 0) is 6.42 Å². The maximum Gasteiger partial charge on any atom is 0.203 e. The summed E-state index contributed by atoms with van der Waals surface area (Å²) < 4.78 is 16.8. The first-order chi connectivity index (χ1) is 11.7. The number of fused-ring (bicyclic) bond motifs is 1. The Hall–Kier alpha value is -1.72. The van der Waals surface area contributed by atoms with Crippen molar-refractivity contribution in [2.45, 2.75) is 18.8 Å². The molecule has 0 radical (unpaired) electrons. The minimum absolute atomic E-state index is 0.460. The summed E-state index contributed by atoms with van der Waals surface area (Å²) in [4.78, 5) is 3.86. The van der Waals surface area contributed by atoms with Gasteiger partial charge in [-0.05, 0) is 37.4 Å².